The Kier molecular flexibility index (Phi) is 9.63. The van der Waals surface area contributed by atoms with Gasteiger partial charge in [-0.3, -0.25) is 14.9 Å². The van der Waals surface area contributed by atoms with Gasteiger partial charge in [0.05, 0.1) is 12.1 Å². The number of guanidine groups is 1. The molecule has 0 spiro atoms. The first-order chi connectivity index (χ1) is 8.54. The van der Waals surface area contributed by atoms with Gasteiger partial charge in [0.25, 0.3) is 0 Å². The van der Waals surface area contributed by atoms with Crippen LogP contribution in [0.25, 0.3) is 0 Å². The van der Waals surface area contributed by atoms with Gasteiger partial charge >= 0.3 is 0 Å². The molecule has 0 aromatic rings. The van der Waals surface area contributed by atoms with Crippen LogP contribution in [0, 0.1) is 0 Å². The minimum absolute atomic E-state index is 0.0333. The highest BCUT2D eigenvalue weighted by Crippen LogP contribution is 2.01. The third-order valence-electron chi connectivity index (χ3n) is 2.15. The molecule has 0 aromatic carbocycles. The second-order valence-corrected chi connectivity index (χ2v) is 4.30. The van der Waals surface area contributed by atoms with Crippen LogP contribution in [0.5, 0.6) is 0 Å². The molecular formula is C9H20N5O2PS. The fraction of sp³-hybridized carbons (Fsp3) is 0.667. The van der Waals surface area contributed by atoms with Crippen molar-refractivity contribution in [3.63, 3.8) is 0 Å². The Morgan fingerprint density at radius 1 is 1.50 bits per heavy atom. The Morgan fingerprint density at radius 3 is 2.61 bits per heavy atom. The van der Waals surface area contributed by atoms with Gasteiger partial charge in [-0.25, -0.2) is 0 Å². The van der Waals surface area contributed by atoms with Crippen LogP contribution < -0.4 is 21.9 Å². The summed E-state index contributed by atoms with van der Waals surface area (Å²) < 4.78 is 0. The van der Waals surface area contributed by atoms with Gasteiger partial charge in [0.2, 0.25) is 5.91 Å². The van der Waals surface area contributed by atoms with E-state index in [9.17, 15) is 9.59 Å². The lowest BCUT2D eigenvalue weighted by Crippen LogP contribution is -2.46. The van der Waals surface area contributed by atoms with Gasteiger partial charge in [-0.2, -0.15) is 12.6 Å². The second kappa shape index (κ2) is 10.1. The highest BCUT2D eigenvalue weighted by molar-refractivity contribution is 7.80. The SMILES string of the molecule is NC(N)=NCCCC(NP)C(=O)NC(C=O)CS. The number of hydrogen-bond donors (Lipinski definition) is 5. The maximum atomic E-state index is 11.8. The molecule has 0 saturated carbocycles. The topological polar surface area (TPSA) is 123 Å². The maximum absolute atomic E-state index is 11.8. The molecule has 0 radical (unpaired) electrons. The summed E-state index contributed by atoms with van der Waals surface area (Å²) in [6, 6.07) is -0.981. The first-order valence-electron chi connectivity index (χ1n) is 5.43. The first kappa shape index (κ1) is 17.2. The summed E-state index contributed by atoms with van der Waals surface area (Å²) in [4.78, 5) is 26.2. The highest BCUT2D eigenvalue weighted by atomic mass is 32.1. The predicted molar refractivity (Wildman–Crippen MR) is 78.4 cm³/mol. The summed E-state index contributed by atoms with van der Waals surface area (Å²) in [5.41, 5.74) is 10.4. The van der Waals surface area contributed by atoms with Crippen molar-refractivity contribution in [2.45, 2.75) is 24.9 Å². The lowest BCUT2D eigenvalue weighted by Gasteiger charge is -2.17. The van der Waals surface area contributed by atoms with Crippen molar-refractivity contribution >= 4 is 40.2 Å². The van der Waals surface area contributed by atoms with Crippen LogP contribution in [-0.4, -0.2) is 42.5 Å². The quantitative estimate of drug-likeness (QED) is 0.0875. The lowest BCUT2D eigenvalue weighted by atomic mass is 10.1. The van der Waals surface area contributed by atoms with Crippen molar-refractivity contribution in [3.8, 4) is 0 Å². The molecular weight excluding hydrogens is 273 g/mol. The van der Waals surface area contributed by atoms with Crippen molar-refractivity contribution in [1.82, 2.24) is 10.4 Å². The second-order valence-electron chi connectivity index (χ2n) is 3.60. The highest BCUT2D eigenvalue weighted by Gasteiger charge is 2.18. The van der Waals surface area contributed by atoms with Gasteiger partial charge in [-0.15, -0.1) is 0 Å². The molecule has 18 heavy (non-hydrogen) atoms. The van der Waals surface area contributed by atoms with Gasteiger partial charge in [-0.05, 0) is 12.8 Å². The van der Waals surface area contributed by atoms with Crippen LogP contribution in [0.4, 0.5) is 0 Å². The van der Waals surface area contributed by atoms with E-state index in [4.69, 9.17) is 11.5 Å². The largest absolute Gasteiger partial charge is 0.370 e. The zero-order chi connectivity index (χ0) is 14.0. The van der Waals surface area contributed by atoms with Crippen LogP contribution >= 0.6 is 22.0 Å². The van der Waals surface area contributed by atoms with E-state index in [0.29, 0.717) is 25.7 Å². The number of amides is 1. The summed E-state index contributed by atoms with van der Waals surface area (Å²) in [5.74, 6) is 0.0547. The number of hydrogen-bond acceptors (Lipinski definition) is 5. The van der Waals surface area contributed by atoms with E-state index < -0.39 is 12.1 Å². The molecule has 0 bridgehead atoms. The first-order valence-corrected chi connectivity index (χ1v) is 6.64. The summed E-state index contributed by atoms with van der Waals surface area (Å²) in [7, 11) is 2.28. The summed E-state index contributed by atoms with van der Waals surface area (Å²) in [6.45, 7) is 0.460. The fourth-order valence-electron chi connectivity index (χ4n) is 1.20. The van der Waals surface area contributed by atoms with Crippen LogP contribution in [0.1, 0.15) is 12.8 Å². The molecule has 0 rings (SSSR count). The Labute approximate surface area is 114 Å². The summed E-state index contributed by atoms with van der Waals surface area (Å²) in [6.07, 6.45) is 1.87. The Balaban J connectivity index is 4.11. The molecule has 1 amide bonds. The fourth-order valence-corrected chi connectivity index (χ4v) is 1.70. The number of aliphatic imine (C=N–C) groups is 1. The molecule has 0 heterocycles. The van der Waals surface area contributed by atoms with Crippen LogP contribution in [0.2, 0.25) is 0 Å². The van der Waals surface area contributed by atoms with E-state index >= 15 is 0 Å². The van der Waals surface area contributed by atoms with E-state index in [1.54, 1.807) is 0 Å². The smallest absolute Gasteiger partial charge is 0.238 e. The lowest BCUT2D eigenvalue weighted by molar-refractivity contribution is -0.125. The predicted octanol–water partition coefficient (Wildman–Crippen LogP) is -1.60. The number of rotatable bonds is 9. The molecule has 0 aromatic heterocycles. The number of thiol groups is 1. The van der Waals surface area contributed by atoms with E-state index in [1.165, 1.54) is 0 Å². The van der Waals surface area contributed by atoms with Gasteiger partial charge in [0.15, 0.2) is 5.96 Å². The monoisotopic (exact) mass is 293 g/mol. The van der Waals surface area contributed by atoms with E-state index in [0.717, 1.165) is 0 Å². The number of nitrogens with zero attached hydrogens (tertiary/aromatic N) is 1. The van der Waals surface area contributed by atoms with Crippen molar-refractivity contribution in [2.24, 2.45) is 16.5 Å². The third kappa shape index (κ3) is 7.47. The molecule has 0 fully saturated rings. The van der Waals surface area contributed by atoms with E-state index in [2.05, 4.69) is 37.4 Å². The molecule has 9 heteroatoms. The zero-order valence-corrected chi connectivity index (χ0v) is 12.1. The van der Waals surface area contributed by atoms with Crippen molar-refractivity contribution in [3.05, 3.63) is 0 Å². The summed E-state index contributed by atoms with van der Waals surface area (Å²) in [5, 5.41) is 5.37. The van der Waals surface area contributed by atoms with Gasteiger partial charge in [0.1, 0.15) is 6.29 Å². The molecule has 3 atom stereocenters. The molecule has 6 N–H and O–H groups in total. The number of nitrogens with one attached hydrogen (secondary N) is 2. The average molecular weight is 293 g/mol. The third-order valence-corrected chi connectivity index (χ3v) is 2.95. The molecule has 7 nitrogen and oxygen atoms in total. The minimum Gasteiger partial charge on any atom is -0.370 e. The van der Waals surface area contributed by atoms with Crippen LogP contribution in [0.3, 0.4) is 0 Å². The molecule has 0 aliphatic heterocycles. The molecule has 0 aliphatic carbocycles. The average Bonchev–Trinajstić information content (AvgIpc) is 2.35. The standard InChI is InChI=1S/C9H20N5O2PS/c10-9(11)12-3-1-2-7(14-17)8(16)13-6(4-15)5-18/h4,6-7,14,18H,1-3,5,17H2,(H,13,16)(H4,10,11,12). The van der Waals surface area contributed by atoms with Gasteiger partial charge in [0, 0.05) is 12.3 Å². The zero-order valence-electron chi connectivity index (χ0n) is 10.0. The number of nitrogens with two attached hydrogens (primary N) is 2. The van der Waals surface area contributed by atoms with Gasteiger partial charge in [-0.1, -0.05) is 9.39 Å². The van der Waals surface area contributed by atoms with Crippen molar-refractivity contribution < 1.29 is 9.59 Å². The molecule has 0 aliphatic rings. The maximum Gasteiger partial charge on any atom is 0.238 e. The van der Waals surface area contributed by atoms with Crippen LogP contribution in [0.15, 0.2) is 4.99 Å². The Bertz CT molecular complexity index is 299. The number of carbonyl (C=O) groups is 2. The molecule has 3 unspecified atom stereocenters. The van der Waals surface area contributed by atoms with Crippen molar-refractivity contribution in [2.75, 3.05) is 12.3 Å². The summed E-state index contributed by atoms with van der Waals surface area (Å²) >= 11 is 3.96. The van der Waals surface area contributed by atoms with Gasteiger partial charge < -0.3 is 21.6 Å². The normalized spacial score (nSPS) is 13.4. The van der Waals surface area contributed by atoms with E-state index in [1.807, 2.05) is 0 Å². The minimum atomic E-state index is -0.570. The Hall–Kier alpha value is -0.850. The Morgan fingerprint density at radius 2 is 2.17 bits per heavy atom. The molecule has 104 valence electrons. The van der Waals surface area contributed by atoms with Crippen molar-refractivity contribution in [1.29, 1.82) is 0 Å². The molecule has 0 saturated heterocycles. The van der Waals surface area contributed by atoms with E-state index in [-0.39, 0.29) is 17.6 Å². The number of carbonyl (C=O) groups excluding carboxylic acids is 2. The number of aldehydes is 1. The van der Waals surface area contributed by atoms with Crippen LogP contribution in [-0.2, 0) is 9.59 Å².